The number of fused-ring (bicyclic) bond motifs is 1. The number of sulfone groups is 1. The quantitative estimate of drug-likeness (QED) is 0.773. The summed E-state index contributed by atoms with van der Waals surface area (Å²) in [7, 11) is -3.15. The Morgan fingerprint density at radius 1 is 1.41 bits per heavy atom. The Balaban J connectivity index is 1.88. The molecule has 2 N–H and O–H groups in total. The van der Waals surface area contributed by atoms with E-state index in [1.165, 1.54) is 0 Å². The molecule has 3 rings (SSSR count). The van der Waals surface area contributed by atoms with Gasteiger partial charge in [-0.1, -0.05) is 15.9 Å². The highest BCUT2D eigenvalue weighted by atomic mass is 79.9. The van der Waals surface area contributed by atoms with Gasteiger partial charge in [0, 0.05) is 9.86 Å². The summed E-state index contributed by atoms with van der Waals surface area (Å²) < 4.78 is 23.5. The molecule has 22 heavy (non-hydrogen) atoms. The number of H-pyrrole nitrogens is 1. The fourth-order valence-electron chi connectivity index (χ4n) is 2.41. The van der Waals surface area contributed by atoms with E-state index in [2.05, 4.69) is 31.1 Å². The third-order valence-electron chi connectivity index (χ3n) is 3.54. The Kier molecular flexibility index (Phi) is 3.77. The standard InChI is InChI=1S/C13H12BrN3O4S/c14-8-1-2-10-9(5-8)11(13(19)15-10)16-17-12(18)7-3-4-22(20,21)6-7/h1-2,5,7,15,19H,3-4,6H2/t7-/m0/s1. The number of carbonyl (C=O) groups is 1. The molecule has 2 aromatic rings. The number of aromatic nitrogens is 1. The summed E-state index contributed by atoms with van der Waals surface area (Å²) >= 11 is 3.32. The molecule has 0 aliphatic carbocycles. The van der Waals surface area contributed by atoms with Crippen molar-refractivity contribution in [2.45, 2.75) is 6.42 Å². The van der Waals surface area contributed by atoms with Crippen molar-refractivity contribution in [1.29, 1.82) is 0 Å². The minimum atomic E-state index is -3.15. The molecule has 1 atom stereocenters. The zero-order chi connectivity index (χ0) is 15.9. The normalized spacial score (nSPS) is 20.9. The van der Waals surface area contributed by atoms with E-state index in [1.54, 1.807) is 18.2 Å². The topological polar surface area (TPSA) is 112 Å². The van der Waals surface area contributed by atoms with Crippen molar-refractivity contribution < 1.29 is 18.3 Å². The number of amides is 1. The zero-order valence-corrected chi connectivity index (χ0v) is 13.7. The molecule has 0 radical (unpaired) electrons. The molecule has 1 fully saturated rings. The van der Waals surface area contributed by atoms with Crippen LogP contribution in [0.25, 0.3) is 10.9 Å². The number of carbonyl (C=O) groups excluding carboxylic acids is 1. The number of nitrogens with zero attached hydrogens (tertiary/aromatic N) is 2. The van der Waals surface area contributed by atoms with E-state index in [1.807, 2.05) is 0 Å². The predicted octanol–water partition coefficient (Wildman–Crippen LogP) is 2.68. The van der Waals surface area contributed by atoms with Gasteiger partial charge in [0.1, 0.15) is 0 Å². The molecule has 116 valence electrons. The highest BCUT2D eigenvalue weighted by molar-refractivity contribution is 9.10. The maximum atomic E-state index is 11.9. The Hall–Kier alpha value is -1.74. The molecular formula is C13H12BrN3O4S. The molecule has 0 saturated carbocycles. The lowest BCUT2D eigenvalue weighted by molar-refractivity contribution is -0.121. The number of halogens is 1. The Bertz CT molecular complexity index is 888. The molecule has 7 nitrogen and oxygen atoms in total. The summed E-state index contributed by atoms with van der Waals surface area (Å²) in [6.07, 6.45) is 0.269. The van der Waals surface area contributed by atoms with E-state index in [0.717, 1.165) is 4.47 Å². The second-order valence-corrected chi connectivity index (χ2v) is 8.29. The number of aromatic amines is 1. The van der Waals surface area contributed by atoms with Gasteiger partial charge >= 0.3 is 0 Å². The minimum Gasteiger partial charge on any atom is -0.493 e. The number of rotatable bonds is 2. The first kappa shape index (κ1) is 15.2. The van der Waals surface area contributed by atoms with E-state index in [9.17, 15) is 18.3 Å². The van der Waals surface area contributed by atoms with Gasteiger partial charge in [0.2, 0.25) is 5.88 Å². The van der Waals surface area contributed by atoms with Crippen molar-refractivity contribution in [2.75, 3.05) is 11.5 Å². The fourth-order valence-corrected chi connectivity index (χ4v) is 4.50. The number of nitrogens with one attached hydrogen (secondary N) is 1. The van der Waals surface area contributed by atoms with E-state index in [0.29, 0.717) is 10.9 Å². The summed E-state index contributed by atoms with van der Waals surface area (Å²) in [4.78, 5) is 14.7. The summed E-state index contributed by atoms with van der Waals surface area (Å²) in [6, 6.07) is 5.29. The number of azo groups is 1. The van der Waals surface area contributed by atoms with Gasteiger partial charge in [-0.25, -0.2) is 8.42 Å². The lowest BCUT2D eigenvalue weighted by atomic mass is 10.1. The van der Waals surface area contributed by atoms with Gasteiger partial charge in [-0.3, -0.25) is 4.79 Å². The molecule has 1 amide bonds. The van der Waals surface area contributed by atoms with E-state index in [4.69, 9.17) is 0 Å². The smallest absolute Gasteiger partial charge is 0.268 e. The average molecular weight is 386 g/mol. The highest BCUT2D eigenvalue weighted by Gasteiger charge is 2.33. The number of hydrogen-bond donors (Lipinski definition) is 2. The maximum absolute atomic E-state index is 11.9. The van der Waals surface area contributed by atoms with Crippen LogP contribution in [0.2, 0.25) is 0 Å². The van der Waals surface area contributed by atoms with Gasteiger partial charge in [-0.2, -0.15) is 0 Å². The first-order valence-corrected chi connectivity index (χ1v) is 9.13. The van der Waals surface area contributed by atoms with Crippen molar-refractivity contribution in [3.05, 3.63) is 22.7 Å². The van der Waals surface area contributed by atoms with Crippen molar-refractivity contribution >= 4 is 48.3 Å². The second-order valence-electron chi connectivity index (χ2n) is 5.15. The summed E-state index contributed by atoms with van der Waals surface area (Å²) in [5, 5.41) is 17.9. The number of benzene rings is 1. The monoisotopic (exact) mass is 385 g/mol. The summed E-state index contributed by atoms with van der Waals surface area (Å²) in [6.45, 7) is 0. The van der Waals surface area contributed by atoms with Crippen LogP contribution in [0.1, 0.15) is 6.42 Å². The van der Waals surface area contributed by atoms with Crippen LogP contribution in [0.5, 0.6) is 5.88 Å². The van der Waals surface area contributed by atoms with Gasteiger partial charge in [-0.05, 0) is 24.6 Å². The molecule has 1 aliphatic rings. The van der Waals surface area contributed by atoms with Crippen LogP contribution in [-0.2, 0) is 14.6 Å². The summed E-state index contributed by atoms with van der Waals surface area (Å²) in [5.74, 6) is -1.60. The molecule has 9 heteroatoms. The molecule has 1 aromatic carbocycles. The van der Waals surface area contributed by atoms with Crippen LogP contribution in [0.3, 0.4) is 0 Å². The van der Waals surface area contributed by atoms with E-state index in [-0.39, 0.29) is 29.5 Å². The largest absolute Gasteiger partial charge is 0.493 e. The molecule has 2 heterocycles. The molecular weight excluding hydrogens is 374 g/mol. The Morgan fingerprint density at radius 3 is 2.86 bits per heavy atom. The maximum Gasteiger partial charge on any atom is 0.268 e. The third-order valence-corrected chi connectivity index (χ3v) is 5.81. The van der Waals surface area contributed by atoms with Crippen LogP contribution in [0, 0.1) is 5.92 Å². The van der Waals surface area contributed by atoms with Crippen LogP contribution in [0.4, 0.5) is 5.69 Å². The SMILES string of the molecule is O=C(N=Nc1c(O)[nH]c2ccc(Br)cc12)[C@H]1CCS(=O)(=O)C1. The van der Waals surface area contributed by atoms with Crippen LogP contribution < -0.4 is 0 Å². The second kappa shape index (κ2) is 5.47. The van der Waals surface area contributed by atoms with Crippen LogP contribution >= 0.6 is 15.9 Å². The van der Waals surface area contributed by atoms with E-state index < -0.39 is 21.7 Å². The van der Waals surface area contributed by atoms with Gasteiger partial charge in [0.15, 0.2) is 15.5 Å². The van der Waals surface area contributed by atoms with E-state index >= 15 is 0 Å². The molecule has 0 bridgehead atoms. The molecule has 0 spiro atoms. The third kappa shape index (κ3) is 2.91. The van der Waals surface area contributed by atoms with Gasteiger partial charge in [0.05, 0.1) is 22.9 Å². The lowest BCUT2D eigenvalue weighted by Crippen LogP contribution is -2.13. The minimum absolute atomic E-state index is 0.00418. The van der Waals surface area contributed by atoms with Gasteiger partial charge in [0.25, 0.3) is 5.91 Å². The van der Waals surface area contributed by atoms with Crippen LogP contribution in [0.15, 0.2) is 32.9 Å². The molecule has 1 aromatic heterocycles. The summed E-state index contributed by atoms with van der Waals surface area (Å²) in [5.41, 5.74) is 0.816. The Morgan fingerprint density at radius 2 is 2.18 bits per heavy atom. The molecule has 0 unspecified atom stereocenters. The van der Waals surface area contributed by atoms with Crippen molar-refractivity contribution in [3.8, 4) is 5.88 Å². The molecule has 1 aliphatic heterocycles. The van der Waals surface area contributed by atoms with Crippen LogP contribution in [-0.4, -0.2) is 35.9 Å². The first-order chi connectivity index (χ1) is 10.4. The lowest BCUT2D eigenvalue weighted by Gasteiger charge is -1.99. The van der Waals surface area contributed by atoms with Crippen molar-refractivity contribution in [3.63, 3.8) is 0 Å². The fraction of sp³-hybridized carbons (Fsp3) is 0.308. The average Bonchev–Trinajstić information content (AvgIpc) is 2.95. The van der Waals surface area contributed by atoms with Crippen molar-refractivity contribution in [2.24, 2.45) is 16.1 Å². The zero-order valence-electron chi connectivity index (χ0n) is 11.3. The molecule has 1 saturated heterocycles. The first-order valence-electron chi connectivity index (χ1n) is 6.52. The predicted molar refractivity (Wildman–Crippen MR) is 83.9 cm³/mol. The van der Waals surface area contributed by atoms with Gasteiger partial charge in [-0.15, -0.1) is 10.2 Å². The van der Waals surface area contributed by atoms with Crippen molar-refractivity contribution in [1.82, 2.24) is 4.98 Å². The van der Waals surface area contributed by atoms with Gasteiger partial charge < -0.3 is 10.1 Å². The number of aromatic hydroxyl groups is 1. The Labute approximate surface area is 134 Å². The number of hydrogen-bond acceptors (Lipinski definition) is 5. The highest BCUT2D eigenvalue weighted by Crippen LogP contribution is 2.37.